The number of carbonyl (C=O) groups is 1. The van der Waals surface area contributed by atoms with E-state index in [1.807, 2.05) is 30.3 Å². The van der Waals surface area contributed by atoms with Crippen LogP contribution in [-0.2, 0) is 11.3 Å². The van der Waals surface area contributed by atoms with Crippen molar-refractivity contribution >= 4 is 11.7 Å². The van der Waals surface area contributed by atoms with Crippen LogP contribution in [0.1, 0.15) is 0 Å². The highest BCUT2D eigenvalue weighted by molar-refractivity contribution is 5.89. The molecule has 0 fully saturated rings. The van der Waals surface area contributed by atoms with Crippen LogP contribution in [0.4, 0.5) is 5.82 Å². The SMILES string of the molecule is O=C(Cn1cnnn1)Nc1ccc(-c2ccccc2)nn1. The molecule has 1 amide bonds. The highest BCUT2D eigenvalue weighted by Gasteiger charge is 2.06. The molecular formula is C13H11N7O. The van der Waals surface area contributed by atoms with Crippen LogP contribution < -0.4 is 5.32 Å². The standard InChI is InChI=1S/C13H11N7O/c21-13(8-20-9-14-18-19-20)15-12-7-6-11(16-17-12)10-4-2-1-3-5-10/h1-7,9H,8H2,(H,15,17,21). The molecule has 0 aliphatic heterocycles. The van der Waals surface area contributed by atoms with Gasteiger partial charge in [0.05, 0.1) is 5.69 Å². The fraction of sp³-hybridized carbons (Fsp3) is 0.0769. The van der Waals surface area contributed by atoms with Crippen molar-refractivity contribution < 1.29 is 4.79 Å². The van der Waals surface area contributed by atoms with Crippen molar-refractivity contribution in [2.24, 2.45) is 0 Å². The lowest BCUT2D eigenvalue weighted by Crippen LogP contribution is -2.20. The van der Waals surface area contributed by atoms with Crippen LogP contribution in [0.5, 0.6) is 0 Å². The molecular weight excluding hydrogens is 270 g/mol. The van der Waals surface area contributed by atoms with Crippen LogP contribution in [0.3, 0.4) is 0 Å². The second kappa shape index (κ2) is 5.87. The molecule has 3 rings (SSSR count). The summed E-state index contributed by atoms with van der Waals surface area (Å²) >= 11 is 0. The third-order valence-electron chi connectivity index (χ3n) is 2.70. The molecule has 3 aromatic rings. The third kappa shape index (κ3) is 3.24. The molecule has 0 unspecified atom stereocenters. The molecule has 0 aliphatic rings. The summed E-state index contributed by atoms with van der Waals surface area (Å²) in [7, 11) is 0. The molecule has 0 aliphatic carbocycles. The number of hydrogen-bond acceptors (Lipinski definition) is 6. The zero-order chi connectivity index (χ0) is 14.5. The van der Waals surface area contributed by atoms with Gasteiger partial charge in [-0.1, -0.05) is 30.3 Å². The largest absolute Gasteiger partial charge is 0.308 e. The fourth-order valence-corrected chi connectivity index (χ4v) is 1.74. The zero-order valence-corrected chi connectivity index (χ0v) is 10.9. The van der Waals surface area contributed by atoms with E-state index in [4.69, 9.17) is 0 Å². The Morgan fingerprint density at radius 3 is 2.62 bits per heavy atom. The van der Waals surface area contributed by atoms with E-state index < -0.39 is 0 Å². The predicted octanol–water partition coefficient (Wildman–Crippen LogP) is 0.769. The Morgan fingerprint density at radius 2 is 1.95 bits per heavy atom. The van der Waals surface area contributed by atoms with E-state index in [0.717, 1.165) is 11.3 Å². The van der Waals surface area contributed by atoms with Crippen LogP contribution in [0, 0.1) is 0 Å². The van der Waals surface area contributed by atoms with Gasteiger partial charge in [0.2, 0.25) is 5.91 Å². The first-order valence-corrected chi connectivity index (χ1v) is 6.21. The number of anilines is 1. The van der Waals surface area contributed by atoms with Crippen molar-refractivity contribution in [1.29, 1.82) is 0 Å². The fourth-order valence-electron chi connectivity index (χ4n) is 1.74. The van der Waals surface area contributed by atoms with Gasteiger partial charge in [0.25, 0.3) is 0 Å². The molecule has 0 radical (unpaired) electrons. The second-order valence-corrected chi connectivity index (χ2v) is 4.23. The predicted molar refractivity (Wildman–Crippen MR) is 73.9 cm³/mol. The van der Waals surface area contributed by atoms with Gasteiger partial charge < -0.3 is 5.32 Å². The van der Waals surface area contributed by atoms with Crippen LogP contribution in [-0.4, -0.2) is 36.3 Å². The number of nitrogens with one attached hydrogen (secondary N) is 1. The third-order valence-corrected chi connectivity index (χ3v) is 2.70. The van der Waals surface area contributed by atoms with E-state index in [9.17, 15) is 4.79 Å². The summed E-state index contributed by atoms with van der Waals surface area (Å²) < 4.78 is 1.32. The Kier molecular flexibility index (Phi) is 3.59. The summed E-state index contributed by atoms with van der Waals surface area (Å²) in [5, 5.41) is 21.2. The van der Waals surface area contributed by atoms with E-state index in [0.29, 0.717) is 5.82 Å². The maximum absolute atomic E-state index is 11.7. The Hall–Kier alpha value is -3.16. The number of rotatable bonds is 4. The molecule has 0 atom stereocenters. The summed E-state index contributed by atoms with van der Waals surface area (Å²) in [5.74, 6) is 0.108. The quantitative estimate of drug-likeness (QED) is 0.758. The summed E-state index contributed by atoms with van der Waals surface area (Å²) in [6, 6.07) is 13.2. The van der Waals surface area contributed by atoms with Crippen molar-refractivity contribution in [3.05, 3.63) is 48.8 Å². The van der Waals surface area contributed by atoms with Crippen molar-refractivity contribution in [2.75, 3.05) is 5.32 Å². The Labute approximate surface area is 119 Å². The molecule has 8 nitrogen and oxygen atoms in total. The molecule has 0 spiro atoms. The monoisotopic (exact) mass is 281 g/mol. The first-order valence-electron chi connectivity index (χ1n) is 6.21. The Morgan fingerprint density at radius 1 is 1.10 bits per heavy atom. The minimum atomic E-state index is -0.274. The second-order valence-electron chi connectivity index (χ2n) is 4.23. The summed E-state index contributed by atoms with van der Waals surface area (Å²) in [4.78, 5) is 11.7. The topological polar surface area (TPSA) is 98.5 Å². The van der Waals surface area contributed by atoms with Crippen molar-refractivity contribution in [3.8, 4) is 11.3 Å². The minimum Gasteiger partial charge on any atom is -0.308 e. The van der Waals surface area contributed by atoms with Gasteiger partial charge in [0.15, 0.2) is 5.82 Å². The molecule has 2 heterocycles. The van der Waals surface area contributed by atoms with Crippen LogP contribution >= 0.6 is 0 Å². The average Bonchev–Trinajstić information content (AvgIpc) is 3.02. The smallest absolute Gasteiger partial charge is 0.247 e. The molecule has 104 valence electrons. The number of aromatic nitrogens is 6. The van der Waals surface area contributed by atoms with Gasteiger partial charge in [-0.2, -0.15) is 0 Å². The average molecular weight is 281 g/mol. The van der Waals surface area contributed by atoms with Gasteiger partial charge in [-0.3, -0.25) is 4.79 Å². The summed E-state index contributed by atoms with van der Waals surface area (Å²) in [6.07, 6.45) is 1.36. The van der Waals surface area contributed by atoms with Crippen LogP contribution in [0.25, 0.3) is 11.3 Å². The number of carbonyl (C=O) groups excluding carboxylic acids is 1. The number of amides is 1. The van der Waals surface area contributed by atoms with Gasteiger partial charge in [0.1, 0.15) is 12.9 Å². The maximum atomic E-state index is 11.7. The molecule has 2 aromatic heterocycles. The van der Waals surface area contributed by atoms with Crippen molar-refractivity contribution in [3.63, 3.8) is 0 Å². The maximum Gasteiger partial charge on any atom is 0.247 e. The van der Waals surface area contributed by atoms with Gasteiger partial charge >= 0.3 is 0 Å². The number of benzene rings is 1. The molecule has 1 N–H and O–H groups in total. The molecule has 0 bridgehead atoms. The van der Waals surface area contributed by atoms with E-state index in [2.05, 4.69) is 31.0 Å². The van der Waals surface area contributed by atoms with E-state index in [-0.39, 0.29) is 12.5 Å². The molecule has 8 heteroatoms. The lowest BCUT2D eigenvalue weighted by molar-refractivity contribution is -0.117. The first kappa shape index (κ1) is 12.9. The molecule has 21 heavy (non-hydrogen) atoms. The van der Waals surface area contributed by atoms with E-state index in [1.165, 1.54) is 11.0 Å². The van der Waals surface area contributed by atoms with Gasteiger partial charge in [-0.25, -0.2) is 4.68 Å². The van der Waals surface area contributed by atoms with Crippen LogP contribution in [0.15, 0.2) is 48.8 Å². The number of tetrazole rings is 1. The molecule has 0 saturated heterocycles. The van der Waals surface area contributed by atoms with Crippen molar-refractivity contribution in [1.82, 2.24) is 30.4 Å². The first-order chi connectivity index (χ1) is 10.3. The lowest BCUT2D eigenvalue weighted by Gasteiger charge is -2.04. The molecule has 0 saturated carbocycles. The van der Waals surface area contributed by atoms with Gasteiger partial charge in [0, 0.05) is 5.56 Å². The Balaban J connectivity index is 1.66. The van der Waals surface area contributed by atoms with E-state index in [1.54, 1.807) is 12.1 Å². The minimum absolute atomic E-state index is 0.0229. The number of hydrogen-bond donors (Lipinski definition) is 1. The summed E-state index contributed by atoms with van der Waals surface area (Å²) in [6.45, 7) is 0.0229. The molecule has 1 aromatic carbocycles. The van der Waals surface area contributed by atoms with Gasteiger partial charge in [-0.05, 0) is 22.6 Å². The number of nitrogens with zero attached hydrogens (tertiary/aromatic N) is 6. The van der Waals surface area contributed by atoms with Crippen LogP contribution in [0.2, 0.25) is 0 Å². The van der Waals surface area contributed by atoms with Gasteiger partial charge in [-0.15, -0.1) is 15.3 Å². The normalized spacial score (nSPS) is 10.3. The highest BCUT2D eigenvalue weighted by Crippen LogP contribution is 2.16. The zero-order valence-electron chi connectivity index (χ0n) is 10.9. The van der Waals surface area contributed by atoms with Crippen molar-refractivity contribution in [2.45, 2.75) is 6.54 Å². The lowest BCUT2D eigenvalue weighted by atomic mass is 10.1. The van der Waals surface area contributed by atoms with E-state index >= 15 is 0 Å². The summed E-state index contributed by atoms with van der Waals surface area (Å²) in [5.41, 5.74) is 1.71. The highest BCUT2D eigenvalue weighted by atomic mass is 16.2. The Bertz CT molecular complexity index is 710.